The summed E-state index contributed by atoms with van der Waals surface area (Å²) >= 11 is 0. The molecule has 6 nitrogen and oxygen atoms in total. The van der Waals surface area contributed by atoms with E-state index in [9.17, 15) is 4.79 Å². The van der Waals surface area contributed by atoms with Crippen molar-refractivity contribution in [1.29, 1.82) is 0 Å². The predicted octanol–water partition coefficient (Wildman–Crippen LogP) is 4.34. The van der Waals surface area contributed by atoms with Gasteiger partial charge in [0, 0.05) is 49.5 Å². The standard InChI is InChI=1S/C26H35N3O3/c1-5-8-22(19-11-12-24(31-3)25(17-19)32-4)29-18-21-20(26(29)30)9-7-10-23(21)28-15-13-27(6-2)14-16-28/h7,9-12,17,22H,5-6,8,13-16,18H2,1-4H3/t22-/m1/s1. The van der Waals surface area contributed by atoms with E-state index in [0.717, 1.165) is 56.7 Å². The normalized spacial score (nSPS) is 17.4. The van der Waals surface area contributed by atoms with E-state index in [1.165, 1.54) is 11.3 Å². The molecule has 172 valence electrons. The second-order valence-corrected chi connectivity index (χ2v) is 8.58. The molecule has 2 heterocycles. The summed E-state index contributed by atoms with van der Waals surface area (Å²) in [7, 11) is 3.29. The van der Waals surface area contributed by atoms with E-state index < -0.39 is 0 Å². The number of likely N-dealkylation sites (N-methyl/N-ethyl adjacent to an activating group) is 1. The van der Waals surface area contributed by atoms with E-state index in [2.05, 4.69) is 35.8 Å². The molecule has 6 heteroatoms. The van der Waals surface area contributed by atoms with Gasteiger partial charge in [0.05, 0.1) is 20.3 Å². The Bertz CT molecular complexity index is 953. The second kappa shape index (κ2) is 9.82. The molecule has 1 atom stereocenters. The number of carbonyl (C=O) groups excluding carboxylic acids is 1. The van der Waals surface area contributed by atoms with Crippen molar-refractivity contribution in [3.63, 3.8) is 0 Å². The van der Waals surface area contributed by atoms with Gasteiger partial charge in [-0.3, -0.25) is 4.79 Å². The fourth-order valence-corrected chi connectivity index (χ4v) is 5.03. The van der Waals surface area contributed by atoms with Crippen molar-refractivity contribution in [3.8, 4) is 11.5 Å². The molecule has 0 saturated carbocycles. The van der Waals surface area contributed by atoms with E-state index in [1.54, 1.807) is 14.2 Å². The Labute approximate surface area is 191 Å². The molecule has 32 heavy (non-hydrogen) atoms. The van der Waals surface area contributed by atoms with Crippen molar-refractivity contribution in [3.05, 3.63) is 53.1 Å². The number of amides is 1. The van der Waals surface area contributed by atoms with Gasteiger partial charge in [0.2, 0.25) is 0 Å². The highest BCUT2D eigenvalue weighted by molar-refractivity contribution is 6.00. The summed E-state index contributed by atoms with van der Waals surface area (Å²) in [4.78, 5) is 20.5. The number of hydrogen-bond donors (Lipinski definition) is 0. The fourth-order valence-electron chi connectivity index (χ4n) is 5.03. The first-order valence-corrected chi connectivity index (χ1v) is 11.7. The second-order valence-electron chi connectivity index (χ2n) is 8.58. The predicted molar refractivity (Wildman–Crippen MR) is 128 cm³/mol. The van der Waals surface area contributed by atoms with Gasteiger partial charge in [-0.1, -0.05) is 32.4 Å². The summed E-state index contributed by atoms with van der Waals surface area (Å²) in [5.41, 5.74) is 4.33. The van der Waals surface area contributed by atoms with Crippen LogP contribution in [0.1, 0.15) is 54.2 Å². The third-order valence-electron chi connectivity index (χ3n) is 6.86. The minimum atomic E-state index is 0.00416. The van der Waals surface area contributed by atoms with Gasteiger partial charge in [-0.25, -0.2) is 0 Å². The van der Waals surface area contributed by atoms with Gasteiger partial charge in [-0.2, -0.15) is 0 Å². The van der Waals surface area contributed by atoms with Gasteiger partial charge < -0.3 is 24.2 Å². The van der Waals surface area contributed by atoms with Crippen molar-refractivity contribution in [2.45, 2.75) is 39.3 Å². The third-order valence-corrected chi connectivity index (χ3v) is 6.86. The minimum Gasteiger partial charge on any atom is -0.493 e. The molecular weight excluding hydrogens is 402 g/mol. The van der Waals surface area contributed by atoms with E-state index in [0.29, 0.717) is 18.0 Å². The lowest BCUT2D eigenvalue weighted by Gasteiger charge is -2.36. The zero-order valence-electron chi connectivity index (χ0n) is 19.8. The van der Waals surface area contributed by atoms with Gasteiger partial charge in [-0.05, 0) is 42.8 Å². The van der Waals surface area contributed by atoms with Crippen molar-refractivity contribution < 1.29 is 14.3 Å². The molecule has 4 rings (SSSR count). The monoisotopic (exact) mass is 437 g/mol. The van der Waals surface area contributed by atoms with Crippen LogP contribution in [0, 0.1) is 0 Å². The maximum Gasteiger partial charge on any atom is 0.255 e. The highest BCUT2D eigenvalue weighted by Crippen LogP contribution is 2.40. The summed E-state index contributed by atoms with van der Waals surface area (Å²) in [5, 5.41) is 0. The average molecular weight is 438 g/mol. The molecule has 0 aromatic heterocycles. The molecule has 0 aliphatic carbocycles. The molecule has 2 aromatic carbocycles. The van der Waals surface area contributed by atoms with E-state index >= 15 is 0 Å². The maximum absolute atomic E-state index is 13.5. The van der Waals surface area contributed by atoms with Gasteiger partial charge in [0.25, 0.3) is 5.91 Å². The lowest BCUT2D eigenvalue weighted by Crippen LogP contribution is -2.46. The Morgan fingerprint density at radius 1 is 0.969 bits per heavy atom. The van der Waals surface area contributed by atoms with E-state index in [-0.39, 0.29) is 11.9 Å². The van der Waals surface area contributed by atoms with Crippen LogP contribution in [0.15, 0.2) is 36.4 Å². The average Bonchev–Trinajstić information content (AvgIpc) is 3.18. The zero-order chi connectivity index (χ0) is 22.7. The van der Waals surface area contributed by atoms with E-state index in [4.69, 9.17) is 9.47 Å². The van der Waals surface area contributed by atoms with Gasteiger partial charge in [0.15, 0.2) is 11.5 Å². The first kappa shape index (κ1) is 22.5. The summed E-state index contributed by atoms with van der Waals surface area (Å²) in [6.45, 7) is 10.3. The number of fused-ring (bicyclic) bond motifs is 1. The number of anilines is 1. The summed E-state index contributed by atoms with van der Waals surface area (Å²) < 4.78 is 10.9. The molecule has 0 spiro atoms. The van der Waals surface area contributed by atoms with Gasteiger partial charge in [0.1, 0.15) is 0 Å². The lowest BCUT2D eigenvalue weighted by atomic mass is 10.00. The summed E-state index contributed by atoms with van der Waals surface area (Å²) in [6.07, 6.45) is 1.89. The molecule has 0 unspecified atom stereocenters. The molecule has 0 radical (unpaired) electrons. The van der Waals surface area contributed by atoms with Crippen LogP contribution in [-0.4, -0.2) is 62.7 Å². The van der Waals surface area contributed by atoms with Crippen molar-refractivity contribution in [2.75, 3.05) is 51.8 Å². The van der Waals surface area contributed by atoms with Crippen LogP contribution in [0.2, 0.25) is 0 Å². The first-order chi connectivity index (χ1) is 15.6. The quantitative estimate of drug-likeness (QED) is 0.615. The maximum atomic E-state index is 13.5. The van der Waals surface area contributed by atoms with Crippen LogP contribution >= 0.6 is 0 Å². The Hall–Kier alpha value is -2.73. The van der Waals surface area contributed by atoms with E-state index in [1.807, 2.05) is 29.2 Å². The smallest absolute Gasteiger partial charge is 0.255 e. The Morgan fingerprint density at radius 2 is 1.72 bits per heavy atom. The number of hydrogen-bond acceptors (Lipinski definition) is 5. The summed E-state index contributed by atoms with van der Waals surface area (Å²) in [6, 6.07) is 12.2. The Kier molecular flexibility index (Phi) is 6.89. The fraction of sp³-hybridized carbons (Fsp3) is 0.500. The molecule has 0 N–H and O–H groups in total. The van der Waals surface area contributed by atoms with Crippen LogP contribution < -0.4 is 14.4 Å². The molecule has 1 saturated heterocycles. The molecular formula is C26H35N3O3. The molecule has 2 aliphatic rings. The number of nitrogens with zero attached hydrogens (tertiary/aromatic N) is 3. The molecule has 0 bridgehead atoms. The zero-order valence-corrected chi connectivity index (χ0v) is 19.8. The highest BCUT2D eigenvalue weighted by atomic mass is 16.5. The number of piperazine rings is 1. The van der Waals surface area contributed by atoms with Crippen LogP contribution in [0.5, 0.6) is 11.5 Å². The topological polar surface area (TPSA) is 45.3 Å². The SMILES string of the molecule is CCC[C@H](c1ccc(OC)c(OC)c1)N1Cc2c(cccc2N2CCN(CC)CC2)C1=O. The molecule has 1 amide bonds. The third kappa shape index (κ3) is 4.16. The molecule has 2 aromatic rings. The van der Waals surface area contributed by atoms with Crippen molar-refractivity contribution >= 4 is 11.6 Å². The Morgan fingerprint density at radius 3 is 2.38 bits per heavy atom. The van der Waals surface area contributed by atoms with Crippen LogP contribution in [0.3, 0.4) is 0 Å². The number of ether oxygens (including phenoxy) is 2. The summed E-state index contributed by atoms with van der Waals surface area (Å²) in [5.74, 6) is 1.53. The minimum absolute atomic E-state index is 0.00416. The Balaban J connectivity index is 1.63. The van der Waals surface area contributed by atoms with Crippen molar-refractivity contribution in [2.24, 2.45) is 0 Å². The number of carbonyl (C=O) groups is 1. The van der Waals surface area contributed by atoms with Crippen LogP contribution in [0.25, 0.3) is 0 Å². The highest BCUT2D eigenvalue weighted by Gasteiger charge is 2.36. The van der Waals surface area contributed by atoms with Crippen LogP contribution in [-0.2, 0) is 6.54 Å². The molecule has 1 fully saturated rings. The van der Waals surface area contributed by atoms with Crippen LogP contribution in [0.4, 0.5) is 5.69 Å². The lowest BCUT2D eigenvalue weighted by molar-refractivity contribution is 0.0690. The van der Waals surface area contributed by atoms with Gasteiger partial charge >= 0.3 is 0 Å². The molecule has 2 aliphatic heterocycles. The largest absolute Gasteiger partial charge is 0.493 e. The number of methoxy groups -OCH3 is 2. The van der Waals surface area contributed by atoms with Gasteiger partial charge in [-0.15, -0.1) is 0 Å². The van der Waals surface area contributed by atoms with Crippen molar-refractivity contribution in [1.82, 2.24) is 9.80 Å². The number of rotatable bonds is 8. The first-order valence-electron chi connectivity index (χ1n) is 11.7. The number of benzene rings is 2.